The lowest BCUT2D eigenvalue weighted by atomic mass is 9.86. The summed E-state index contributed by atoms with van der Waals surface area (Å²) in [5, 5.41) is 4.97. The van der Waals surface area contributed by atoms with Gasteiger partial charge in [-0.2, -0.15) is 0 Å². The molecule has 1 fully saturated rings. The van der Waals surface area contributed by atoms with E-state index in [4.69, 9.17) is 16.3 Å². The van der Waals surface area contributed by atoms with Gasteiger partial charge in [-0.15, -0.1) is 11.3 Å². The number of halogens is 3. The molecule has 0 radical (unpaired) electrons. The highest BCUT2D eigenvalue weighted by atomic mass is 35.5. The molecule has 4 rings (SSSR count). The number of carbonyl (C=O) groups excluding carboxylic acids is 1. The highest BCUT2D eigenvalue weighted by molar-refractivity contribution is 7.69. The number of allylic oxidation sites excluding steroid dienone is 1. The molecular weight excluding hydrogens is 498 g/mol. The molecule has 0 amide bonds. The van der Waals surface area contributed by atoms with Gasteiger partial charge in [0, 0.05) is 41.8 Å². The highest BCUT2D eigenvalue weighted by Crippen LogP contribution is 2.40. The monoisotopic (exact) mass is 516 g/mol. The van der Waals surface area contributed by atoms with Crippen molar-refractivity contribution < 1.29 is 26.7 Å². The lowest BCUT2D eigenvalue weighted by Crippen LogP contribution is -2.41. The van der Waals surface area contributed by atoms with Crippen LogP contribution in [0.5, 0.6) is 0 Å². The lowest BCUT2D eigenvalue weighted by molar-refractivity contribution is -0.136. The van der Waals surface area contributed by atoms with Gasteiger partial charge in [-0.25, -0.2) is 31.3 Å². The van der Waals surface area contributed by atoms with Crippen molar-refractivity contribution in [2.75, 3.05) is 20.2 Å². The second-order valence-electron chi connectivity index (χ2n) is 7.39. The number of aromatic nitrogens is 1. The van der Waals surface area contributed by atoms with Gasteiger partial charge < -0.3 is 10.1 Å². The topological polar surface area (TPSA) is 101 Å². The Hall–Kier alpha value is -2.41. The van der Waals surface area contributed by atoms with Crippen molar-refractivity contribution in [1.82, 2.24) is 14.6 Å². The first-order valence-electron chi connectivity index (χ1n) is 9.91. The fourth-order valence-electron chi connectivity index (χ4n) is 3.97. The van der Waals surface area contributed by atoms with Crippen LogP contribution in [0.4, 0.5) is 8.78 Å². The molecule has 3 heterocycles. The number of hydrogen-bond acceptors (Lipinski definition) is 8. The molecule has 1 aromatic heterocycles. The third kappa shape index (κ3) is 4.65. The van der Waals surface area contributed by atoms with E-state index >= 15 is 0 Å². The summed E-state index contributed by atoms with van der Waals surface area (Å²) < 4.78 is 57.1. The Bertz CT molecular complexity index is 1200. The van der Waals surface area contributed by atoms with Crippen LogP contribution in [0.1, 0.15) is 29.5 Å². The number of carbonyl (C=O) groups is 1. The normalized spacial score (nSPS) is 20.0. The van der Waals surface area contributed by atoms with Crippen LogP contribution in [-0.2, 0) is 20.4 Å². The molecule has 33 heavy (non-hydrogen) atoms. The number of methoxy groups -OCH3 is 1. The molecule has 2 aliphatic heterocycles. The Balaban J connectivity index is 1.85. The van der Waals surface area contributed by atoms with Crippen LogP contribution < -0.4 is 5.32 Å². The quantitative estimate of drug-likeness (QED) is 0.360. The third-order valence-corrected chi connectivity index (χ3v) is 7.61. The van der Waals surface area contributed by atoms with E-state index < -0.39 is 39.6 Å². The summed E-state index contributed by atoms with van der Waals surface area (Å²) in [6, 6.07) is 1.13. The number of nitrogens with one attached hydrogen (secondary N) is 1. The fourth-order valence-corrected chi connectivity index (χ4v) is 5.37. The average molecular weight is 517 g/mol. The van der Waals surface area contributed by atoms with Crippen molar-refractivity contribution in [3.05, 3.63) is 62.2 Å². The van der Waals surface area contributed by atoms with E-state index in [1.807, 2.05) is 0 Å². The van der Waals surface area contributed by atoms with Gasteiger partial charge in [0.1, 0.15) is 6.04 Å². The average Bonchev–Trinajstić information content (AvgIpc) is 3.36. The maximum absolute atomic E-state index is 14.3. The molecule has 0 unspecified atom stereocenters. The van der Waals surface area contributed by atoms with Crippen molar-refractivity contribution in [1.29, 1.82) is 0 Å². The van der Waals surface area contributed by atoms with Crippen LogP contribution in [0.3, 0.4) is 0 Å². The molecule has 8 nitrogen and oxygen atoms in total. The summed E-state index contributed by atoms with van der Waals surface area (Å²) in [6.07, 6.45) is 2.47. The van der Waals surface area contributed by atoms with Gasteiger partial charge in [0.15, 0.2) is 22.5 Å². The summed E-state index contributed by atoms with van der Waals surface area (Å²) in [7, 11) is -1.49. The second-order valence-corrected chi connectivity index (χ2v) is 9.71. The van der Waals surface area contributed by atoms with E-state index in [2.05, 4.69) is 15.3 Å². The molecule has 1 saturated heterocycles. The number of benzene rings is 1. The van der Waals surface area contributed by atoms with Gasteiger partial charge >= 0.3 is 5.97 Å². The summed E-state index contributed by atoms with van der Waals surface area (Å²) >= 11 is 7.45. The van der Waals surface area contributed by atoms with E-state index in [1.165, 1.54) is 28.8 Å². The molecule has 2 aliphatic rings. The number of rotatable bonds is 5. The number of ether oxygens (including phenoxy) is 1. The van der Waals surface area contributed by atoms with Crippen LogP contribution in [0, 0.1) is 17.6 Å². The van der Waals surface area contributed by atoms with Crippen LogP contribution in [0.15, 0.2) is 40.0 Å². The standard InChI is InChI=1S/C20H19ClF2N4O4S2/c1-31-20(28)13-16(10-4-7-27(8-5-10)33(29)30)25-18(19-24-6-9-32-19)26-17(13)11-2-3-12(22)15(23)14(11)21/h2-3,6,9-10,17,33H,4-5,7-8H2,1H3,(H,25,26)/t17-/m1/s1. The second kappa shape index (κ2) is 9.84. The molecule has 0 bridgehead atoms. The van der Waals surface area contributed by atoms with Crippen LogP contribution in [-0.4, -0.2) is 49.7 Å². The molecule has 13 heteroatoms. The maximum atomic E-state index is 14.3. The molecule has 0 saturated carbocycles. The zero-order chi connectivity index (χ0) is 23.7. The first-order valence-corrected chi connectivity index (χ1v) is 12.3. The Labute approximate surface area is 199 Å². The predicted octanol–water partition coefficient (Wildman–Crippen LogP) is 2.83. The third-order valence-electron chi connectivity index (χ3n) is 5.59. The number of nitrogens with zero attached hydrogens (tertiary/aromatic N) is 3. The number of amidine groups is 1. The van der Waals surface area contributed by atoms with E-state index in [9.17, 15) is 22.0 Å². The largest absolute Gasteiger partial charge is 0.466 e. The number of thiol groups is 1. The van der Waals surface area contributed by atoms with Gasteiger partial charge in [0.05, 0.1) is 17.7 Å². The van der Waals surface area contributed by atoms with E-state index in [-0.39, 0.29) is 30.1 Å². The Kier molecular flexibility index (Phi) is 7.07. The first kappa shape index (κ1) is 23.7. The smallest absolute Gasteiger partial charge is 0.338 e. The molecule has 176 valence electrons. The molecule has 1 aromatic carbocycles. The SMILES string of the molecule is COC(=O)C1=C(C2CCN([SH](=O)=O)CC2)NC(c2nccs2)=N[C@@H]1c1ccc(F)c(F)c1Cl. The van der Waals surface area contributed by atoms with Crippen molar-refractivity contribution in [3.8, 4) is 0 Å². The number of thiazole rings is 1. The minimum absolute atomic E-state index is 0.101. The Morgan fingerprint density at radius 1 is 1.30 bits per heavy atom. The summed E-state index contributed by atoms with van der Waals surface area (Å²) in [4.78, 5) is 21.7. The minimum atomic E-state index is -2.70. The minimum Gasteiger partial charge on any atom is -0.466 e. The first-order chi connectivity index (χ1) is 15.8. The molecule has 1 N–H and O–H groups in total. The van der Waals surface area contributed by atoms with Gasteiger partial charge in [-0.1, -0.05) is 17.7 Å². The summed E-state index contributed by atoms with van der Waals surface area (Å²) in [6.45, 7) is 0.562. The van der Waals surface area contributed by atoms with E-state index in [0.29, 0.717) is 29.4 Å². The number of esters is 1. The van der Waals surface area contributed by atoms with Crippen molar-refractivity contribution in [2.24, 2.45) is 10.9 Å². The molecule has 1 atom stereocenters. The van der Waals surface area contributed by atoms with Crippen molar-refractivity contribution in [2.45, 2.75) is 18.9 Å². The Morgan fingerprint density at radius 2 is 2.03 bits per heavy atom. The molecule has 0 spiro atoms. The van der Waals surface area contributed by atoms with E-state index in [1.54, 1.807) is 11.6 Å². The molecule has 2 aromatic rings. The van der Waals surface area contributed by atoms with E-state index in [0.717, 1.165) is 6.07 Å². The van der Waals surface area contributed by atoms with Gasteiger partial charge in [0.25, 0.3) is 0 Å². The number of hydrogen-bond donors (Lipinski definition) is 2. The lowest BCUT2D eigenvalue weighted by Gasteiger charge is -2.34. The van der Waals surface area contributed by atoms with Crippen molar-refractivity contribution >= 4 is 45.6 Å². The summed E-state index contributed by atoms with van der Waals surface area (Å²) in [5.41, 5.74) is 0.688. The maximum Gasteiger partial charge on any atom is 0.338 e. The van der Waals surface area contributed by atoms with Gasteiger partial charge in [-0.3, -0.25) is 4.99 Å². The zero-order valence-corrected chi connectivity index (χ0v) is 19.7. The Morgan fingerprint density at radius 3 is 2.64 bits per heavy atom. The molecular formula is C20H19ClF2N4O4S2. The van der Waals surface area contributed by atoms with Gasteiger partial charge in [-0.05, 0) is 18.9 Å². The van der Waals surface area contributed by atoms with Crippen LogP contribution in [0.25, 0.3) is 0 Å². The van der Waals surface area contributed by atoms with Crippen LogP contribution in [0.2, 0.25) is 5.02 Å². The highest BCUT2D eigenvalue weighted by Gasteiger charge is 2.38. The fraction of sp³-hybridized carbons (Fsp3) is 0.350. The molecule has 0 aliphatic carbocycles. The number of aliphatic imine (C=N–C) groups is 1. The zero-order valence-electron chi connectivity index (χ0n) is 17.3. The van der Waals surface area contributed by atoms with Crippen LogP contribution >= 0.6 is 22.9 Å². The number of piperidine rings is 1. The van der Waals surface area contributed by atoms with Gasteiger partial charge in [0.2, 0.25) is 10.9 Å². The van der Waals surface area contributed by atoms with Crippen molar-refractivity contribution in [3.63, 3.8) is 0 Å². The predicted molar refractivity (Wildman–Crippen MR) is 120 cm³/mol. The summed E-state index contributed by atoms with van der Waals surface area (Å²) in [5.74, 6) is -2.96.